The van der Waals surface area contributed by atoms with Gasteiger partial charge in [0.25, 0.3) is 0 Å². The number of halogens is 3. The zero-order valence-corrected chi connectivity index (χ0v) is 7.71. The van der Waals surface area contributed by atoms with Gasteiger partial charge in [0.05, 0.1) is 6.10 Å². The smallest absolute Gasteiger partial charge is 0.389 e. The highest BCUT2D eigenvalue weighted by atomic mass is 32.2. The van der Waals surface area contributed by atoms with Crippen LogP contribution in [-0.2, 0) is 0 Å². The fraction of sp³-hybridized carbons (Fsp3) is 1.00. The molecule has 0 aliphatic heterocycles. The van der Waals surface area contributed by atoms with Crippen molar-refractivity contribution in [1.29, 1.82) is 0 Å². The van der Waals surface area contributed by atoms with E-state index in [0.717, 1.165) is 5.75 Å². The summed E-state index contributed by atoms with van der Waals surface area (Å²) >= 11 is 1.45. The highest BCUT2D eigenvalue weighted by Gasteiger charge is 2.27. The van der Waals surface area contributed by atoms with Gasteiger partial charge in [0.2, 0.25) is 0 Å². The van der Waals surface area contributed by atoms with Crippen LogP contribution in [0.3, 0.4) is 0 Å². The molecule has 0 bridgehead atoms. The van der Waals surface area contributed by atoms with Gasteiger partial charge >= 0.3 is 6.18 Å². The third-order valence-electron chi connectivity index (χ3n) is 1.28. The monoisotopic (exact) mass is 202 g/mol. The minimum absolute atomic E-state index is 0.184. The zero-order chi connectivity index (χ0) is 9.61. The van der Waals surface area contributed by atoms with E-state index in [2.05, 4.69) is 0 Å². The predicted molar refractivity (Wildman–Crippen MR) is 44.3 cm³/mol. The molecule has 0 spiro atoms. The highest BCUT2D eigenvalue weighted by molar-refractivity contribution is 7.99. The summed E-state index contributed by atoms with van der Waals surface area (Å²) < 4.78 is 34.9. The van der Waals surface area contributed by atoms with Gasteiger partial charge in [-0.1, -0.05) is 6.92 Å². The van der Waals surface area contributed by atoms with Crippen LogP contribution in [0.1, 0.15) is 19.8 Å². The number of hydrogen-bond donors (Lipinski definition) is 1. The lowest BCUT2D eigenvalue weighted by molar-refractivity contribution is -0.139. The molecule has 0 aromatic heterocycles. The molecule has 0 rings (SSSR count). The van der Waals surface area contributed by atoms with E-state index >= 15 is 0 Å². The lowest BCUT2D eigenvalue weighted by atomic mass is 10.2. The van der Waals surface area contributed by atoms with Crippen LogP contribution in [0.15, 0.2) is 0 Å². The maximum atomic E-state index is 11.6. The van der Waals surface area contributed by atoms with E-state index in [1.165, 1.54) is 11.8 Å². The molecule has 1 nitrogen and oxygen atoms in total. The van der Waals surface area contributed by atoms with Gasteiger partial charge in [0, 0.05) is 12.2 Å². The molecular weight excluding hydrogens is 189 g/mol. The summed E-state index contributed by atoms with van der Waals surface area (Å²) in [6.45, 7) is 1.90. The maximum Gasteiger partial charge on any atom is 0.389 e. The standard InChI is InChI=1S/C7H13F3OS/c1-2-12-5-6(11)3-4-7(8,9)10/h6,11H,2-5H2,1H3. The van der Waals surface area contributed by atoms with Crippen molar-refractivity contribution in [2.45, 2.75) is 32.0 Å². The predicted octanol–water partition coefficient (Wildman–Crippen LogP) is 2.44. The van der Waals surface area contributed by atoms with Gasteiger partial charge in [0.1, 0.15) is 0 Å². The Hall–Kier alpha value is 0.100. The maximum absolute atomic E-state index is 11.6. The topological polar surface area (TPSA) is 20.2 Å². The molecule has 0 aliphatic rings. The second kappa shape index (κ2) is 5.70. The molecule has 0 radical (unpaired) electrons. The minimum atomic E-state index is -4.14. The normalized spacial score (nSPS) is 14.8. The van der Waals surface area contributed by atoms with E-state index in [-0.39, 0.29) is 6.42 Å². The molecule has 0 fully saturated rings. The van der Waals surface area contributed by atoms with Gasteiger partial charge in [-0.3, -0.25) is 0 Å². The van der Waals surface area contributed by atoms with Crippen molar-refractivity contribution in [1.82, 2.24) is 0 Å². The van der Waals surface area contributed by atoms with Gasteiger partial charge in [-0.2, -0.15) is 24.9 Å². The summed E-state index contributed by atoms with van der Waals surface area (Å²) in [6, 6.07) is 0. The number of aliphatic hydroxyl groups is 1. The third-order valence-corrected chi connectivity index (χ3v) is 2.30. The average molecular weight is 202 g/mol. The Kier molecular flexibility index (Phi) is 5.74. The fourth-order valence-electron chi connectivity index (χ4n) is 0.667. The lowest BCUT2D eigenvalue weighted by Crippen LogP contribution is -2.16. The van der Waals surface area contributed by atoms with Crippen molar-refractivity contribution in [2.75, 3.05) is 11.5 Å². The molecule has 1 atom stereocenters. The van der Waals surface area contributed by atoms with Gasteiger partial charge in [-0.05, 0) is 12.2 Å². The van der Waals surface area contributed by atoms with Crippen LogP contribution in [-0.4, -0.2) is 28.9 Å². The van der Waals surface area contributed by atoms with Crippen LogP contribution >= 0.6 is 11.8 Å². The molecule has 0 saturated heterocycles. The molecule has 0 aliphatic carbocycles. The molecule has 0 aromatic rings. The van der Waals surface area contributed by atoms with Crippen molar-refractivity contribution in [2.24, 2.45) is 0 Å². The molecule has 1 N–H and O–H groups in total. The summed E-state index contributed by atoms with van der Waals surface area (Å²) in [7, 11) is 0. The Bertz CT molecular complexity index is 116. The second-order valence-electron chi connectivity index (χ2n) is 2.47. The fourth-order valence-corrected chi connectivity index (χ4v) is 1.34. The van der Waals surface area contributed by atoms with Gasteiger partial charge in [-0.15, -0.1) is 0 Å². The van der Waals surface area contributed by atoms with Crippen LogP contribution < -0.4 is 0 Å². The first-order chi connectivity index (χ1) is 5.45. The van der Waals surface area contributed by atoms with Gasteiger partial charge in [-0.25, -0.2) is 0 Å². The number of aliphatic hydroxyl groups excluding tert-OH is 1. The molecule has 0 amide bonds. The molecule has 74 valence electrons. The first-order valence-corrected chi connectivity index (χ1v) is 4.93. The van der Waals surface area contributed by atoms with E-state index < -0.39 is 18.7 Å². The quantitative estimate of drug-likeness (QED) is 0.739. The van der Waals surface area contributed by atoms with Crippen molar-refractivity contribution >= 4 is 11.8 Å². The molecular formula is C7H13F3OS. The first-order valence-electron chi connectivity index (χ1n) is 3.78. The van der Waals surface area contributed by atoms with Crippen LogP contribution in [0, 0.1) is 0 Å². The summed E-state index contributed by atoms with van der Waals surface area (Å²) in [4.78, 5) is 0. The molecule has 0 aromatic carbocycles. The molecule has 5 heteroatoms. The van der Waals surface area contributed by atoms with Crippen molar-refractivity contribution in [3.05, 3.63) is 0 Å². The van der Waals surface area contributed by atoms with Crippen LogP contribution in [0.25, 0.3) is 0 Å². The highest BCUT2D eigenvalue weighted by Crippen LogP contribution is 2.22. The third kappa shape index (κ3) is 8.20. The minimum Gasteiger partial charge on any atom is -0.392 e. The summed E-state index contributed by atoms with van der Waals surface area (Å²) in [5, 5.41) is 9.02. The average Bonchev–Trinajstić information content (AvgIpc) is 1.95. The number of thioether (sulfide) groups is 1. The Morgan fingerprint density at radius 2 is 2.00 bits per heavy atom. The first kappa shape index (κ1) is 12.1. The lowest BCUT2D eigenvalue weighted by Gasteiger charge is -2.10. The SMILES string of the molecule is CCSCC(O)CCC(F)(F)F. The second-order valence-corrected chi connectivity index (χ2v) is 3.79. The zero-order valence-electron chi connectivity index (χ0n) is 6.90. The van der Waals surface area contributed by atoms with E-state index in [1.54, 1.807) is 0 Å². The number of rotatable bonds is 5. The Balaban J connectivity index is 3.37. The van der Waals surface area contributed by atoms with Crippen molar-refractivity contribution in [3.8, 4) is 0 Å². The Morgan fingerprint density at radius 1 is 1.42 bits per heavy atom. The molecule has 0 saturated carbocycles. The largest absolute Gasteiger partial charge is 0.392 e. The van der Waals surface area contributed by atoms with Gasteiger partial charge in [0.15, 0.2) is 0 Å². The van der Waals surface area contributed by atoms with E-state index in [0.29, 0.717) is 5.75 Å². The molecule has 12 heavy (non-hydrogen) atoms. The van der Waals surface area contributed by atoms with Crippen LogP contribution in [0.4, 0.5) is 13.2 Å². The number of alkyl halides is 3. The van der Waals surface area contributed by atoms with Crippen LogP contribution in [0.2, 0.25) is 0 Å². The Labute approximate surface area is 74.3 Å². The summed E-state index contributed by atoms with van der Waals surface area (Å²) in [6.07, 6.45) is -6.04. The molecule has 1 unspecified atom stereocenters. The van der Waals surface area contributed by atoms with E-state index in [4.69, 9.17) is 5.11 Å². The number of hydrogen-bond acceptors (Lipinski definition) is 2. The van der Waals surface area contributed by atoms with Crippen LogP contribution in [0.5, 0.6) is 0 Å². The summed E-state index contributed by atoms with van der Waals surface area (Å²) in [5.41, 5.74) is 0. The van der Waals surface area contributed by atoms with Crippen molar-refractivity contribution < 1.29 is 18.3 Å². The molecule has 0 heterocycles. The Morgan fingerprint density at radius 3 is 2.42 bits per heavy atom. The summed E-state index contributed by atoms with van der Waals surface area (Å²) in [5.74, 6) is 1.22. The van der Waals surface area contributed by atoms with E-state index in [1.807, 2.05) is 6.92 Å². The van der Waals surface area contributed by atoms with Crippen molar-refractivity contribution in [3.63, 3.8) is 0 Å². The van der Waals surface area contributed by atoms with E-state index in [9.17, 15) is 13.2 Å². The van der Waals surface area contributed by atoms with Gasteiger partial charge < -0.3 is 5.11 Å².